The zero-order valence-corrected chi connectivity index (χ0v) is 16.9. The van der Waals surface area contributed by atoms with E-state index in [2.05, 4.69) is 11.8 Å². The predicted molar refractivity (Wildman–Crippen MR) is 112 cm³/mol. The van der Waals surface area contributed by atoms with E-state index in [9.17, 15) is 9.59 Å². The average Bonchev–Trinajstić information content (AvgIpc) is 2.94. The number of halogens is 1. The molecule has 2 aromatic rings. The summed E-state index contributed by atoms with van der Waals surface area (Å²) in [5, 5.41) is 0.390. The molecule has 0 spiro atoms. The third-order valence-corrected chi connectivity index (χ3v) is 5.91. The van der Waals surface area contributed by atoms with Gasteiger partial charge in [-0.25, -0.2) is 4.90 Å². The number of carbonyl (C=O) groups is 2. The first-order valence-electron chi connectivity index (χ1n) is 9.67. The summed E-state index contributed by atoms with van der Waals surface area (Å²) in [5.74, 6) is 0.0327. The molecule has 0 N–H and O–H groups in total. The van der Waals surface area contributed by atoms with Crippen LogP contribution in [0.3, 0.4) is 0 Å². The Kier molecular flexibility index (Phi) is 4.98. The first-order valence-corrected chi connectivity index (χ1v) is 10.0. The molecular formula is C23H23ClN2O2. The number of benzene rings is 2. The van der Waals surface area contributed by atoms with Gasteiger partial charge in [-0.2, -0.15) is 0 Å². The molecule has 4 rings (SSSR count). The smallest absolute Gasteiger partial charge is 0.282 e. The molecule has 0 bridgehead atoms. The van der Waals surface area contributed by atoms with Crippen molar-refractivity contribution >= 4 is 34.7 Å². The van der Waals surface area contributed by atoms with E-state index in [0.717, 1.165) is 37.1 Å². The van der Waals surface area contributed by atoms with E-state index in [-0.39, 0.29) is 11.8 Å². The van der Waals surface area contributed by atoms with Crippen LogP contribution in [-0.4, -0.2) is 29.8 Å². The van der Waals surface area contributed by atoms with Crippen LogP contribution in [0, 0.1) is 12.8 Å². The van der Waals surface area contributed by atoms with Crippen LogP contribution in [-0.2, 0) is 9.59 Å². The molecule has 2 amide bonds. The van der Waals surface area contributed by atoms with Gasteiger partial charge in [0, 0.05) is 13.1 Å². The highest BCUT2D eigenvalue weighted by Crippen LogP contribution is 2.38. The fourth-order valence-electron chi connectivity index (χ4n) is 3.88. The summed E-state index contributed by atoms with van der Waals surface area (Å²) in [7, 11) is 0. The number of nitrogens with zero attached hydrogens (tertiary/aromatic N) is 2. The molecular weight excluding hydrogens is 372 g/mol. The maximum Gasteiger partial charge on any atom is 0.282 e. The zero-order chi connectivity index (χ0) is 19.8. The Morgan fingerprint density at radius 3 is 2.21 bits per heavy atom. The minimum absolute atomic E-state index is 0.289. The van der Waals surface area contributed by atoms with E-state index < -0.39 is 0 Å². The maximum absolute atomic E-state index is 13.4. The zero-order valence-electron chi connectivity index (χ0n) is 16.1. The van der Waals surface area contributed by atoms with E-state index in [4.69, 9.17) is 11.6 Å². The van der Waals surface area contributed by atoms with Gasteiger partial charge >= 0.3 is 0 Å². The maximum atomic E-state index is 13.4. The highest BCUT2D eigenvalue weighted by atomic mass is 35.5. The summed E-state index contributed by atoms with van der Waals surface area (Å²) in [4.78, 5) is 30.2. The second-order valence-corrected chi connectivity index (χ2v) is 8.06. The first-order chi connectivity index (χ1) is 13.5. The Hall–Kier alpha value is -2.59. The lowest BCUT2D eigenvalue weighted by Crippen LogP contribution is -2.38. The molecule has 5 heteroatoms. The van der Waals surface area contributed by atoms with Gasteiger partial charge in [0.15, 0.2) is 0 Å². The van der Waals surface area contributed by atoms with Crippen molar-refractivity contribution in [1.82, 2.24) is 4.90 Å². The van der Waals surface area contributed by atoms with Crippen molar-refractivity contribution in [2.75, 3.05) is 18.0 Å². The quantitative estimate of drug-likeness (QED) is 0.710. The van der Waals surface area contributed by atoms with Crippen molar-refractivity contribution in [2.24, 2.45) is 5.92 Å². The van der Waals surface area contributed by atoms with E-state index in [1.807, 2.05) is 31.2 Å². The van der Waals surface area contributed by atoms with Gasteiger partial charge in [0.1, 0.15) is 5.70 Å². The van der Waals surface area contributed by atoms with E-state index in [1.54, 1.807) is 24.3 Å². The summed E-state index contributed by atoms with van der Waals surface area (Å²) in [6.45, 7) is 5.79. The average molecular weight is 395 g/mol. The van der Waals surface area contributed by atoms with Gasteiger partial charge in [0.25, 0.3) is 11.8 Å². The van der Waals surface area contributed by atoms with Crippen molar-refractivity contribution in [2.45, 2.75) is 26.7 Å². The minimum atomic E-state index is -0.310. The van der Waals surface area contributed by atoms with E-state index >= 15 is 0 Å². The van der Waals surface area contributed by atoms with Gasteiger partial charge in [0.2, 0.25) is 0 Å². The Balaban J connectivity index is 1.82. The molecule has 2 heterocycles. The molecule has 2 aliphatic rings. The third kappa shape index (κ3) is 3.22. The Morgan fingerprint density at radius 1 is 0.929 bits per heavy atom. The van der Waals surface area contributed by atoms with E-state index in [1.165, 1.54) is 4.90 Å². The van der Waals surface area contributed by atoms with Crippen molar-refractivity contribution in [3.05, 3.63) is 70.4 Å². The number of amides is 2. The summed E-state index contributed by atoms with van der Waals surface area (Å²) < 4.78 is 0. The van der Waals surface area contributed by atoms with Gasteiger partial charge in [-0.1, -0.05) is 60.5 Å². The fraction of sp³-hybridized carbons (Fsp3) is 0.304. The molecule has 0 aromatic heterocycles. The number of rotatable bonds is 3. The Morgan fingerprint density at radius 2 is 1.57 bits per heavy atom. The normalized spacial score (nSPS) is 18.4. The lowest BCUT2D eigenvalue weighted by atomic mass is 9.97. The van der Waals surface area contributed by atoms with Crippen molar-refractivity contribution in [1.29, 1.82) is 0 Å². The molecule has 2 aromatic carbocycles. The lowest BCUT2D eigenvalue weighted by Gasteiger charge is -2.32. The second kappa shape index (κ2) is 7.44. The number of para-hydroxylation sites is 1. The summed E-state index contributed by atoms with van der Waals surface area (Å²) >= 11 is 6.32. The van der Waals surface area contributed by atoms with Crippen LogP contribution in [0.2, 0.25) is 5.02 Å². The molecule has 144 valence electrons. The number of hydrogen-bond acceptors (Lipinski definition) is 3. The number of carbonyl (C=O) groups excluding carboxylic acids is 2. The summed E-state index contributed by atoms with van der Waals surface area (Å²) in [6, 6.07) is 14.8. The fourth-order valence-corrected chi connectivity index (χ4v) is 4.10. The molecule has 0 radical (unpaired) electrons. The Labute approximate surface area is 170 Å². The molecule has 0 atom stereocenters. The Bertz CT molecular complexity index is 957. The van der Waals surface area contributed by atoms with Crippen molar-refractivity contribution < 1.29 is 9.59 Å². The monoisotopic (exact) mass is 394 g/mol. The number of piperidine rings is 1. The summed E-state index contributed by atoms with van der Waals surface area (Å²) in [6.07, 6.45) is 2.02. The molecule has 1 fully saturated rings. The highest BCUT2D eigenvalue weighted by molar-refractivity contribution is 6.47. The largest absolute Gasteiger partial charge is 0.366 e. The molecule has 1 saturated heterocycles. The molecule has 28 heavy (non-hydrogen) atoms. The van der Waals surface area contributed by atoms with Gasteiger partial charge in [0.05, 0.1) is 16.3 Å². The predicted octanol–water partition coefficient (Wildman–Crippen LogP) is 4.66. The van der Waals surface area contributed by atoms with Crippen molar-refractivity contribution in [3.63, 3.8) is 0 Å². The van der Waals surface area contributed by atoms with Gasteiger partial charge < -0.3 is 4.90 Å². The van der Waals surface area contributed by atoms with Crippen LogP contribution in [0.5, 0.6) is 0 Å². The summed E-state index contributed by atoms with van der Waals surface area (Å²) in [5.41, 5.74) is 3.29. The number of aryl methyl sites for hydroxylation is 1. The van der Waals surface area contributed by atoms with Gasteiger partial charge in [-0.05, 0) is 43.4 Å². The van der Waals surface area contributed by atoms with Gasteiger partial charge in [-0.15, -0.1) is 0 Å². The minimum Gasteiger partial charge on any atom is -0.366 e. The molecule has 0 unspecified atom stereocenters. The number of likely N-dealkylation sites (tertiary alicyclic amines) is 1. The van der Waals surface area contributed by atoms with Crippen LogP contribution < -0.4 is 4.90 Å². The SMILES string of the molecule is Cc1ccc(C2=C(N3CCC(C)CC3)C(=O)N(c3ccccc3Cl)C2=O)cc1. The van der Waals surface area contributed by atoms with Gasteiger partial charge in [-0.3, -0.25) is 9.59 Å². The lowest BCUT2D eigenvalue weighted by molar-refractivity contribution is -0.120. The molecule has 2 aliphatic heterocycles. The molecule has 0 aliphatic carbocycles. The number of anilines is 1. The van der Waals surface area contributed by atoms with E-state index in [0.29, 0.717) is 27.9 Å². The van der Waals surface area contributed by atoms with Crippen LogP contribution in [0.15, 0.2) is 54.2 Å². The van der Waals surface area contributed by atoms with Crippen LogP contribution in [0.25, 0.3) is 5.57 Å². The molecule has 0 saturated carbocycles. The van der Waals surface area contributed by atoms with Crippen LogP contribution in [0.1, 0.15) is 30.9 Å². The van der Waals surface area contributed by atoms with Crippen molar-refractivity contribution in [3.8, 4) is 0 Å². The van der Waals surface area contributed by atoms with Crippen LogP contribution in [0.4, 0.5) is 5.69 Å². The first kappa shape index (κ1) is 18.8. The van der Waals surface area contributed by atoms with Crippen LogP contribution >= 0.6 is 11.6 Å². The second-order valence-electron chi connectivity index (χ2n) is 7.66. The number of imide groups is 1. The third-order valence-electron chi connectivity index (χ3n) is 5.59. The topological polar surface area (TPSA) is 40.6 Å². The molecule has 4 nitrogen and oxygen atoms in total. The number of hydrogen-bond donors (Lipinski definition) is 0. The standard InChI is InChI=1S/C23H23ClN2O2/c1-15-7-9-17(10-8-15)20-21(25-13-11-16(2)12-14-25)23(28)26(22(20)27)19-6-4-3-5-18(19)24/h3-10,16H,11-14H2,1-2H3. The highest BCUT2D eigenvalue weighted by Gasteiger charge is 2.43.